The van der Waals surface area contributed by atoms with Crippen LogP contribution in [0.3, 0.4) is 0 Å². The fourth-order valence-corrected chi connectivity index (χ4v) is 2.04. The van der Waals surface area contributed by atoms with Crippen molar-refractivity contribution in [2.45, 2.75) is 13.7 Å². The quantitative estimate of drug-likeness (QED) is 0.787. The molecule has 2 aromatic heterocycles. The van der Waals surface area contributed by atoms with E-state index < -0.39 is 0 Å². The van der Waals surface area contributed by atoms with Crippen molar-refractivity contribution in [3.63, 3.8) is 0 Å². The Bertz CT molecular complexity index is 799. The average Bonchev–Trinajstić information content (AvgIpc) is 3.04. The van der Waals surface area contributed by atoms with Gasteiger partial charge in [0.25, 0.3) is 5.91 Å². The van der Waals surface area contributed by atoms with E-state index in [9.17, 15) is 4.79 Å². The van der Waals surface area contributed by atoms with E-state index in [0.717, 1.165) is 11.3 Å². The highest BCUT2D eigenvalue weighted by atomic mass is 16.5. The number of para-hydroxylation sites is 1. The van der Waals surface area contributed by atoms with E-state index in [-0.39, 0.29) is 12.6 Å². The van der Waals surface area contributed by atoms with Gasteiger partial charge in [0.2, 0.25) is 0 Å². The molecule has 2 heterocycles. The van der Waals surface area contributed by atoms with Gasteiger partial charge in [0.15, 0.2) is 12.4 Å². The highest BCUT2D eigenvalue weighted by molar-refractivity contribution is 6.02. The largest absolute Gasteiger partial charge is 0.471 e. The minimum absolute atomic E-state index is 0.243. The predicted octanol–water partition coefficient (Wildman–Crippen LogP) is 2.88. The van der Waals surface area contributed by atoms with Gasteiger partial charge in [-0.05, 0) is 36.8 Å². The summed E-state index contributed by atoms with van der Waals surface area (Å²) in [5, 5.41) is 6.97. The van der Waals surface area contributed by atoms with Crippen molar-refractivity contribution >= 4 is 11.6 Å². The summed E-state index contributed by atoms with van der Waals surface area (Å²) in [6.07, 6.45) is 4.94. The van der Waals surface area contributed by atoms with Gasteiger partial charge in [-0.15, -0.1) is 0 Å². The number of anilines is 1. The van der Waals surface area contributed by atoms with Gasteiger partial charge < -0.3 is 10.1 Å². The molecule has 23 heavy (non-hydrogen) atoms. The van der Waals surface area contributed by atoms with E-state index in [1.54, 1.807) is 41.5 Å². The number of ether oxygens (including phenoxy) is 1. The monoisotopic (exact) mass is 308 g/mol. The number of hydrogen-bond donors (Lipinski definition) is 1. The molecule has 0 bridgehead atoms. The maximum atomic E-state index is 12.1. The first-order valence-corrected chi connectivity index (χ1v) is 7.15. The Hall–Kier alpha value is -3.15. The number of carbonyl (C=O) groups is 1. The molecule has 0 aliphatic rings. The fraction of sp³-hybridized carbons (Fsp3) is 0.118. The molecular formula is C17H16N4O2. The van der Waals surface area contributed by atoms with Gasteiger partial charge in [-0.2, -0.15) is 5.10 Å². The number of hydrogen-bond acceptors (Lipinski definition) is 4. The van der Waals surface area contributed by atoms with E-state index in [0.29, 0.717) is 11.4 Å². The number of amides is 1. The summed E-state index contributed by atoms with van der Waals surface area (Å²) < 4.78 is 7.27. The maximum absolute atomic E-state index is 12.1. The number of nitrogens with one attached hydrogen (secondary N) is 1. The Kier molecular flexibility index (Phi) is 4.33. The molecule has 3 aromatic rings. The van der Waals surface area contributed by atoms with Crippen LogP contribution in [0.25, 0.3) is 0 Å². The van der Waals surface area contributed by atoms with Crippen molar-refractivity contribution in [2.24, 2.45) is 0 Å². The molecule has 0 saturated carbocycles. The second kappa shape index (κ2) is 6.74. The number of aryl methyl sites for hydroxylation is 1. The lowest BCUT2D eigenvalue weighted by molar-refractivity contribution is 0.102. The van der Waals surface area contributed by atoms with Gasteiger partial charge >= 0.3 is 0 Å². The lowest BCUT2D eigenvalue weighted by atomic mass is 10.2. The van der Waals surface area contributed by atoms with Gasteiger partial charge in [-0.1, -0.05) is 18.2 Å². The molecule has 0 spiro atoms. The summed E-state index contributed by atoms with van der Waals surface area (Å²) in [6, 6.07) is 12.8. The minimum Gasteiger partial charge on any atom is -0.471 e. The number of rotatable bonds is 5. The molecule has 1 N–H and O–H groups in total. The van der Waals surface area contributed by atoms with Crippen LogP contribution in [0.4, 0.5) is 5.69 Å². The van der Waals surface area contributed by atoms with Crippen LogP contribution in [0.2, 0.25) is 0 Å². The number of benzene rings is 1. The molecule has 6 nitrogen and oxygen atoms in total. The zero-order valence-electron chi connectivity index (χ0n) is 12.6. The van der Waals surface area contributed by atoms with E-state index in [1.165, 1.54) is 0 Å². The molecule has 0 saturated heterocycles. The van der Waals surface area contributed by atoms with E-state index in [2.05, 4.69) is 15.4 Å². The van der Waals surface area contributed by atoms with Crippen LogP contribution in [0.5, 0.6) is 5.75 Å². The molecule has 0 radical (unpaired) electrons. The van der Waals surface area contributed by atoms with Gasteiger partial charge in [-0.3, -0.25) is 9.78 Å². The van der Waals surface area contributed by atoms with E-state index in [1.807, 2.05) is 31.2 Å². The number of carbonyl (C=O) groups excluding carboxylic acids is 1. The summed E-state index contributed by atoms with van der Waals surface area (Å²) in [4.78, 5) is 16.0. The van der Waals surface area contributed by atoms with Gasteiger partial charge in [0, 0.05) is 24.3 Å². The SMILES string of the molecule is Cc1ccccc1OCn1ccc(C(=O)Nc2ccncc2)n1. The van der Waals surface area contributed by atoms with Crippen LogP contribution in [-0.4, -0.2) is 20.7 Å². The van der Waals surface area contributed by atoms with Crippen LogP contribution >= 0.6 is 0 Å². The van der Waals surface area contributed by atoms with Crippen LogP contribution in [0.1, 0.15) is 16.1 Å². The third kappa shape index (κ3) is 3.74. The lowest BCUT2D eigenvalue weighted by Gasteiger charge is -2.08. The van der Waals surface area contributed by atoms with E-state index >= 15 is 0 Å². The standard InChI is InChI=1S/C17H16N4O2/c1-13-4-2-3-5-16(13)23-12-21-11-8-15(20-21)17(22)19-14-6-9-18-10-7-14/h2-11H,12H2,1H3,(H,18,19,22). The molecule has 0 fully saturated rings. The molecule has 1 aromatic carbocycles. The summed E-state index contributed by atoms with van der Waals surface area (Å²) in [5.74, 6) is 0.525. The smallest absolute Gasteiger partial charge is 0.276 e. The van der Waals surface area contributed by atoms with Crippen molar-refractivity contribution in [1.82, 2.24) is 14.8 Å². The summed E-state index contributed by atoms with van der Waals surface area (Å²) >= 11 is 0. The zero-order chi connectivity index (χ0) is 16.1. The first-order chi connectivity index (χ1) is 11.2. The highest BCUT2D eigenvalue weighted by Crippen LogP contribution is 2.16. The molecule has 1 amide bonds. The van der Waals surface area contributed by atoms with Crippen molar-refractivity contribution in [1.29, 1.82) is 0 Å². The van der Waals surface area contributed by atoms with Crippen molar-refractivity contribution in [2.75, 3.05) is 5.32 Å². The third-order valence-electron chi connectivity index (χ3n) is 3.26. The molecule has 0 atom stereocenters. The van der Waals surface area contributed by atoms with Crippen molar-refractivity contribution < 1.29 is 9.53 Å². The molecular weight excluding hydrogens is 292 g/mol. The third-order valence-corrected chi connectivity index (χ3v) is 3.26. The lowest BCUT2D eigenvalue weighted by Crippen LogP contribution is -2.14. The fourth-order valence-electron chi connectivity index (χ4n) is 2.04. The highest BCUT2D eigenvalue weighted by Gasteiger charge is 2.10. The molecule has 6 heteroatoms. The average molecular weight is 308 g/mol. The van der Waals surface area contributed by atoms with E-state index in [4.69, 9.17) is 4.74 Å². The first-order valence-electron chi connectivity index (χ1n) is 7.15. The second-order valence-corrected chi connectivity index (χ2v) is 4.97. The normalized spacial score (nSPS) is 10.3. The molecule has 116 valence electrons. The second-order valence-electron chi connectivity index (χ2n) is 4.97. The topological polar surface area (TPSA) is 69.0 Å². The summed E-state index contributed by atoms with van der Waals surface area (Å²) in [5.41, 5.74) is 2.06. The van der Waals surface area contributed by atoms with Gasteiger partial charge in [0.1, 0.15) is 5.75 Å². The Labute approximate surface area is 133 Å². The van der Waals surface area contributed by atoms with Crippen LogP contribution in [-0.2, 0) is 6.73 Å². The summed E-state index contributed by atoms with van der Waals surface area (Å²) in [6.45, 7) is 2.22. The molecule has 3 rings (SSSR count). The number of nitrogens with zero attached hydrogens (tertiary/aromatic N) is 3. The predicted molar refractivity (Wildman–Crippen MR) is 86.2 cm³/mol. The molecule has 0 aliphatic carbocycles. The number of aromatic nitrogens is 3. The maximum Gasteiger partial charge on any atom is 0.276 e. The first kappa shape index (κ1) is 14.8. The van der Waals surface area contributed by atoms with Crippen LogP contribution in [0, 0.1) is 6.92 Å². The molecule has 0 aliphatic heterocycles. The Morgan fingerprint density at radius 3 is 2.74 bits per heavy atom. The van der Waals surface area contributed by atoms with Gasteiger partial charge in [-0.25, -0.2) is 4.68 Å². The Morgan fingerprint density at radius 1 is 1.17 bits per heavy atom. The van der Waals surface area contributed by atoms with Crippen LogP contribution < -0.4 is 10.1 Å². The summed E-state index contributed by atoms with van der Waals surface area (Å²) in [7, 11) is 0. The Balaban J connectivity index is 1.62. The van der Waals surface area contributed by atoms with Gasteiger partial charge in [0.05, 0.1) is 0 Å². The van der Waals surface area contributed by atoms with Crippen molar-refractivity contribution in [3.05, 3.63) is 72.3 Å². The Morgan fingerprint density at radius 2 is 1.96 bits per heavy atom. The van der Waals surface area contributed by atoms with Crippen molar-refractivity contribution in [3.8, 4) is 5.75 Å². The molecule has 0 unspecified atom stereocenters. The van der Waals surface area contributed by atoms with Crippen LogP contribution in [0.15, 0.2) is 61.1 Å². The zero-order valence-corrected chi connectivity index (χ0v) is 12.6. The number of pyridine rings is 1. The minimum atomic E-state index is -0.272.